The molecule has 3 aromatic carbocycles. The Bertz CT molecular complexity index is 1170. The maximum Gasteiger partial charge on any atom is 0.115 e. The standard InChI is InChI=1S/C24H16ClNO/c25-22-8-4-3-7-19(22)20-14-23(15-9-11-17(27)12-10-15)26-24-18-6-2-1-5-16(18)13-21(20)24/h1-12,14,27H,13H2. The van der Waals surface area contributed by atoms with Crippen molar-refractivity contribution >= 4 is 11.6 Å². The Morgan fingerprint density at radius 3 is 2.26 bits per heavy atom. The highest BCUT2D eigenvalue weighted by atomic mass is 35.5. The molecule has 2 nitrogen and oxygen atoms in total. The van der Waals surface area contributed by atoms with Crippen molar-refractivity contribution < 1.29 is 5.11 Å². The summed E-state index contributed by atoms with van der Waals surface area (Å²) in [6.07, 6.45) is 0.856. The minimum atomic E-state index is 0.247. The van der Waals surface area contributed by atoms with Gasteiger partial charge in [-0.25, -0.2) is 4.98 Å². The van der Waals surface area contributed by atoms with Crippen molar-refractivity contribution in [2.45, 2.75) is 6.42 Å². The van der Waals surface area contributed by atoms with E-state index in [0.717, 1.165) is 39.5 Å². The monoisotopic (exact) mass is 369 g/mol. The molecule has 0 atom stereocenters. The number of phenolic OH excluding ortho intramolecular Hbond substituents is 1. The van der Waals surface area contributed by atoms with Crippen LogP contribution in [-0.2, 0) is 6.42 Å². The van der Waals surface area contributed by atoms with E-state index in [1.54, 1.807) is 12.1 Å². The van der Waals surface area contributed by atoms with Gasteiger partial charge < -0.3 is 5.11 Å². The maximum absolute atomic E-state index is 9.62. The van der Waals surface area contributed by atoms with Crippen molar-refractivity contribution in [2.75, 3.05) is 0 Å². The molecule has 1 N–H and O–H groups in total. The minimum absolute atomic E-state index is 0.247. The maximum atomic E-state index is 9.62. The molecule has 1 aliphatic rings. The van der Waals surface area contributed by atoms with E-state index in [1.165, 1.54) is 16.7 Å². The summed E-state index contributed by atoms with van der Waals surface area (Å²) < 4.78 is 0. The lowest BCUT2D eigenvalue weighted by molar-refractivity contribution is 0.475. The molecule has 0 amide bonds. The first-order chi connectivity index (χ1) is 13.2. The highest BCUT2D eigenvalue weighted by molar-refractivity contribution is 6.33. The molecule has 27 heavy (non-hydrogen) atoms. The third-order valence-corrected chi connectivity index (χ3v) is 5.42. The van der Waals surface area contributed by atoms with Crippen molar-refractivity contribution in [3.05, 3.63) is 95.0 Å². The molecule has 1 aliphatic carbocycles. The summed E-state index contributed by atoms with van der Waals surface area (Å²) >= 11 is 6.54. The number of aromatic hydroxyl groups is 1. The number of pyridine rings is 1. The van der Waals surface area contributed by atoms with Crippen LogP contribution in [0.2, 0.25) is 5.02 Å². The molecular formula is C24H16ClNO. The van der Waals surface area contributed by atoms with Crippen LogP contribution in [0.3, 0.4) is 0 Å². The summed E-state index contributed by atoms with van der Waals surface area (Å²) in [5.41, 5.74) is 8.68. The predicted octanol–water partition coefficient (Wildman–Crippen LogP) is 6.35. The average molecular weight is 370 g/mol. The lowest BCUT2D eigenvalue weighted by atomic mass is 9.96. The van der Waals surface area contributed by atoms with Crippen molar-refractivity contribution in [3.8, 4) is 39.4 Å². The summed E-state index contributed by atoms with van der Waals surface area (Å²) in [6.45, 7) is 0. The second-order valence-corrected chi connectivity index (χ2v) is 7.15. The quantitative estimate of drug-likeness (QED) is 0.393. The van der Waals surface area contributed by atoms with Gasteiger partial charge >= 0.3 is 0 Å². The fourth-order valence-electron chi connectivity index (χ4n) is 3.77. The van der Waals surface area contributed by atoms with Gasteiger partial charge in [0.1, 0.15) is 5.75 Å². The summed E-state index contributed by atoms with van der Waals surface area (Å²) in [6, 6.07) is 25.6. The summed E-state index contributed by atoms with van der Waals surface area (Å²) in [5, 5.41) is 10.4. The fraction of sp³-hybridized carbons (Fsp3) is 0.0417. The number of fused-ring (bicyclic) bond motifs is 3. The van der Waals surface area contributed by atoms with Crippen LogP contribution in [0.15, 0.2) is 78.9 Å². The molecule has 0 bridgehead atoms. The number of halogens is 1. The van der Waals surface area contributed by atoms with E-state index in [2.05, 4.69) is 36.4 Å². The summed E-state index contributed by atoms with van der Waals surface area (Å²) in [4.78, 5) is 4.99. The molecule has 0 spiro atoms. The van der Waals surface area contributed by atoms with E-state index < -0.39 is 0 Å². The minimum Gasteiger partial charge on any atom is -0.508 e. The van der Waals surface area contributed by atoms with Gasteiger partial charge in [-0.05, 0) is 53.1 Å². The van der Waals surface area contributed by atoms with Gasteiger partial charge in [-0.1, -0.05) is 54.1 Å². The molecule has 4 aromatic rings. The van der Waals surface area contributed by atoms with Gasteiger partial charge in [0.25, 0.3) is 0 Å². The van der Waals surface area contributed by atoms with Crippen molar-refractivity contribution in [1.29, 1.82) is 0 Å². The van der Waals surface area contributed by atoms with Gasteiger partial charge in [0, 0.05) is 28.1 Å². The van der Waals surface area contributed by atoms with Gasteiger partial charge in [-0.15, -0.1) is 0 Å². The van der Waals surface area contributed by atoms with Gasteiger partial charge in [-0.2, -0.15) is 0 Å². The smallest absolute Gasteiger partial charge is 0.115 e. The molecule has 0 fully saturated rings. The van der Waals surface area contributed by atoms with Crippen LogP contribution in [0.4, 0.5) is 0 Å². The first kappa shape index (κ1) is 16.1. The van der Waals surface area contributed by atoms with E-state index in [-0.39, 0.29) is 5.75 Å². The van der Waals surface area contributed by atoms with Crippen molar-refractivity contribution in [2.24, 2.45) is 0 Å². The van der Waals surface area contributed by atoms with E-state index in [9.17, 15) is 5.11 Å². The highest BCUT2D eigenvalue weighted by Gasteiger charge is 2.25. The molecular weight excluding hydrogens is 354 g/mol. The zero-order chi connectivity index (χ0) is 18.4. The third-order valence-electron chi connectivity index (χ3n) is 5.09. The van der Waals surface area contributed by atoms with Crippen molar-refractivity contribution in [1.82, 2.24) is 4.98 Å². The second kappa shape index (κ2) is 6.26. The zero-order valence-electron chi connectivity index (χ0n) is 14.5. The molecule has 5 rings (SSSR count). The van der Waals surface area contributed by atoms with Crippen LogP contribution in [0.25, 0.3) is 33.6 Å². The second-order valence-electron chi connectivity index (χ2n) is 6.74. The zero-order valence-corrected chi connectivity index (χ0v) is 15.2. The Balaban J connectivity index is 1.80. The molecule has 0 unspecified atom stereocenters. The summed E-state index contributed by atoms with van der Waals surface area (Å²) in [5.74, 6) is 0.247. The lowest BCUT2D eigenvalue weighted by Crippen LogP contribution is -1.95. The van der Waals surface area contributed by atoms with Gasteiger partial charge in [0.05, 0.1) is 11.4 Å². The van der Waals surface area contributed by atoms with Crippen LogP contribution in [0.1, 0.15) is 11.1 Å². The van der Waals surface area contributed by atoms with Crippen LogP contribution in [-0.4, -0.2) is 10.1 Å². The van der Waals surface area contributed by atoms with Gasteiger partial charge in [0.15, 0.2) is 0 Å². The Labute approximate surface area is 162 Å². The molecule has 1 aromatic heterocycles. The first-order valence-electron chi connectivity index (χ1n) is 8.87. The van der Waals surface area contributed by atoms with E-state index in [4.69, 9.17) is 16.6 Å². The topological polar surface area (TPSA) is 33.1 Å². The molecule has 1 heterocycles. The van der Waals surface area contributed by atoms with Gasteiger partial charge in [0.2, 0.25) is 0 Å². The average Bonchev–Trinajstić information content (AvgIpc) is 3.07. The molecule has 3 heteroatoms. The highest BCUT2D eigenvalue weighted by Crippen LogP contribution is 2.43. The summed E-state index contributed by atoms with van der Waals surface area (Å²) in [7, 11) is 0. The SMILES string of the molecule is Oc1ccc(-c2cc(-c3ccccc3Cl)c3c(n2)-c2ccccc2C3)cc1. The number of aromatic nitrogens is 1. The van der Waals surface area contributed by atoms with Crippen LogP contribution < -0.4 is 0 Å². The number of hydrogen-bond acceptors (Lipinski definition) is 2. The fourth-order valence-corrected chi connectivity index (χ4v) is 4.01. The number of phenols is 1. The third kappa shape index (κ3) is 2.70. The first-order valence-corrected chi connectivity index (χ1v) is 9.25. The molecule has 130 valence electrons. The normalized spacial score (nSPS) is 11.9. The van der Waals surface area contributed by atoms with E-state index in [0.29, 0.717) is 0 Å². The van der Waals surface area contributed by atoms with Crippen molar-refractivity contribution in [3.63, 3.8) is 0 Å². The van der Waals surface area contributed by atoms with E-state index in [1.807, 2.05) is 30.3 Å². The Morgan fingerprint density at radius 2 is 1.48 bits per heavy atom. The molecule has 0 saturated heterocycles. The van der Waals surface area contributed by atoms with E-state index >= 15 is 0 Å². The van der Waals surface area contributed by atoms with Crippen LogP contribution in [0, 0.1) is 0 Å². The number of nitrogens with zero attached hydrogens (tertiary/aromatic N) is 1. The van der Waals surface area contributed by atoms with Crippen LogP contribution in [0.5, 0.6) is 5.75 Å². The Kier molecular flexibility index (Phi) is 3.73. The molecule has 0 radical (unpaired) electrons. The Morgan fingerprint density at radius 1 is 0.778 bits per heavy atom. The number of rotatable bonds is 2. The molecule has 0 aliphatic heterocycles. The van der Waals surface area contributed by atoms with Gasteiger partial charge in [-0.3, -0.25) is 0 Å². The predicted molar refractivity (Wildman–Crippen MR) is 110 cm³/mol. The largest absolute Gasteiger partial charge is 0.508 e. The lowest BCUT2D eigenvalue weighted by Gasteiger charge is -2.13. The number of benzene rings is 3. The molecule has 0 saturated carbocycles. The van der Waals surface area contributed by atoms with Crippen LogP contribution >= 0.6 is 11.6 Å². The number of hydrogen-bond donors (Lipinski definition) is 1. The Hall–Kier alpha value is -3.10.